The van der Waals surface area contributed by atoms with Crippen molar-refractivity contribution in [1.29, 1.82) is 0 Å². The van der Waals surface area contributed by atoms with Gasteiger partial charge >= 0.3 is 5.97 Å². The minimum absolute atomic E-state index is 0.0504. The second kappa shape index (κ2) is 11.1. The molecule has 8 nitrogen and oxygen atoms in total. The minimum atomic E-state index is -0.794. The fraction of sp³-hybridized carbons (Fsp3) is 0.440. The molecule has 1 fully saturated rings. The molecule has 0 aromatic heterocycles. The Morgan fingerprint density at radius 3 is 2.83 bits per heavy atom. The van der Waals surface area contributed by atoms with Gasteiger partial charge in [0.25, 0.3) is 0 Å². The molecule has 1 aromatic carbocycles. The standard InChI is InChI=1S/C25H29FN4O4S/c1-3-34-24(33)22-16(2)28-25-30(23(22)18-8-4-5-9-19(18)26)17(15-35-25)14-20(31)27-11-7-13-29-12-6-10-21(29)32/h4-5,8-9,15,23H,3,6-7,10-14H2,1-2H3,(H,27,31)/t23-/m0/s1. The third-order valence-electron chi connectivity index (χ3n) is 6.14. The van der Waals surface area contributed by atoms with E-state index in [9.17, 15) is 18.8 Å². The Morgan fingerprint density at radius 1 is 1.31 bits per heavy atom. The molecule has 0 unspecified atom stereocenters. The lowest BCUT2D eigenvalue weighted by Gasteiger charge is -2.36. The van der Waals surface area contributed by atoms with Crippen LogP contribution in [0.4, 0.5) is 4.39 Å². The Hall–Kier alpha value is -3.14. The number of fused-ring (bicyclic) bond motifs is 1. The highest BCUT2D eigenvalue weighted by Crippen LogP contribution is 2.45. The predicted octanol–water partition coefficient (Wildman–Crippen LogP) is 3.48. The largest absolute Gasteiger partial charge is 0.463 e. The molecule has 1 N–H and O–H groups in total. The number of allylic oxidation sites excluding steroid dienone is 1. The number of ether oxygens (including phenoxy) is 1. The number of carbonyl (C=O) groups is 3. The maximum Gasteiger partial charge on any atom is 0.338 e. The number of rotatable bonds is 9. The van der Waals surface area contributed by atoms with E-state index in [1.165, 1.54) is 17.8 Å². The van der Waals surface area contributed by atoms with Gasteiger partial charge in [0.15, 0.2) is 5.17 Å². The molecular weight excluding hydrogens is 471 g/mol. The van der Waals surface area contributed by atoms with Crippen LogP contribution in [0.5, 0.6) is 0 Å². The van der Waals surface area contributed by atoms with Crippen LogP contribution in [0.3, 0.4) is 0 Å². The molecule has 0 spiro atoms. The summed E-state index contributed by atoms with van der Waals surface area (Å²) in [4.78, 5) is 45.5. The molecule has 3 aliphatic heterocycles. The van der Waals surface area contributed by atoms with E-state index in [1.807, 2.05) is 10.3 Å². The fourth-order valence-corrected chi connectivity index (χ4v) is 5.46. The van der Waals surface area contributed by atoms with E-state index in [2.05, 4.69) is 10.3 Å². The lowest BCUT2D eigenvalue weighted by atomic mass is 9.93. The van der Waals surface area contributed by atoms with Gasteiger partial charge in [-0.25, -0.2) is 14.2 Å². The zero-order chi connectivity index (χ0) is 24.9. The van der Waals surface area contributed by atoms with Crippen molar-refractivity contribution in [3.8, 4) is 0 Å². The zero-order valence-corrected chi connectivity index (χ0v) is 20.7. The minimum Gasteiger partial charge on any atom is -0.463 e. The average molecular weight is 501 g/mol. The van der Waals surface area contributed by atoms with Gasteiger partial charge < -0.3 is 19.9 Å². The van der Waals surface area contributed by atoms with Gasteiger partial charge in [-0.1, -0.05) is 30.0 Å². The SMILES string of the molecule is CCOC(=O)C1=C(C)N=C2SC=C(CC(=O)NCCCN3CCCC3=O)N2[C@H]1c1ccccc1F. The molecule has 35 heavy (non-hydrogen) atoms. The first-order valence-corrected chi connectivity index (χ1v) is 12.7. The summed E-state index contributed by atoms with van der Waals surface area (Å²) in [7, 11) is 0. The normalized spacial score (nSPS) is 19.5. The molecule has 1 atom stereocenters. The zero-order valence-electron chi connectivity index (χ0n) is 19.9. The number of hydrogen-bond acceptors (Lipinski definition) is 7. The second-order valence-electron chi connectivity index (χ2n) is 8.50. The van der Waals surface area contributed by atoms with E-state index in [0.717, 1.165) is 13.0 Å². The van der Waals surface area contributed by atoms with E-state index in [0.29, 0.717) is 48.1 Å². The highest BCUT2D eigenvalue weighted by Gasteiger charge is 2.42. The van der Waals surface area contributed by atoms with E-state index < -0.39 is 17.8 Å². The summed E-state index contributed by atoms with van der Waals surface area (Å²) in [5.41, 5.74) is 1.66. The Morgan fingerprint density at radius 2 is 2.11 bits per heavy atom. The van der Waals surface area contributed by atoms with Crippen LogP contribution >= 0.6 is 11.8 Å². The lowest BCUT2D eigenvalue weighted by molar-refractivity contribution is -0.139. The molecule has 1 aromatic rings. The van der Waals surface area contributed by atoms with Crippen LogP contribution in [0, 0.1) is 5.82 Å². The molecule has 0 bridgehead atoms. The number of amidine groups is 1. The van der Waals surface area contributed by atoms with Gasteiger partial charge in [0.2, 0.25) is 11.8 Å². The van der Waals surface area contributed by atoms with Crippen molar-refractivity contribution in [3.05, 3.63) is 58.0 Å². The molecule has 1 saturated heterocycles. The molecule has 3 aliphatic rings. The number of hydrogen-bond donors (Lipinski definition) is 1. The van der Waals surface area contributed by atoms with Crippen molar-refractivity contribution < 1.29 is 23.5 Å². The van der Waals surface area contributed by atoms with Crippen LogP contribution in [0.15, 0.2) is 51.6 Å². The number of carbonyl (C=O) groups excluding carboxylic acids is 3. The molecule has 0 radical (unpaired) electrons. The van der Waals surface area contributed by atoms with Crippen molar-refractivity contribution >= 4 is 34.7 Å². The molecule has 0 aliphatic carbocycles. The highest BCUT2D eigenvalue weighted by atomic mass is 32.2. The van der Waals surface area contributed by atoms with Gasteiger partial charge in [0.05, 0.1) is 30.3 Å². The number of thioether (sulfide) groups is 1. The summed E-state index contributed by atoms with van der Waals surface area (Å²) in [6.45, 7) is 5.46. The third-order valence-corrected chi connectivity index (χ3v) is 7.02. The second-order valence-corrected chi connectivity index (χ2v) is 9.34. The van der Waals surface area contributed by atoms with Crippen LogP contribution in [-0.2, 0) is 19.1 Å². The monoisotopic (exact) mass is 500 g/mol. The van der Waals surface area contributed by atoms with Gasteiger partial charge in [0.1, 0.15) is 5.82 Å². The predicted molar refractivity (Wildman–Crippen MR) is 131 cm³/mol. The number of halogens is 1. The number of nitrogens with one attached hydrogen (secondary N) is 1. The number of benzene rings is 1. The molecule has 2 amide bonds. The average Bonchev–Trinajstić information content (AvgIpc) is 3.42. The molecule has 186 valence electrons. The van der Waals surface area contributed by atoms with Gasteiger partial charge in [0, 0.05) is 37.3 Å². The Labute approximate surface area is 208 Å². The summed E-state index contributed by atoms with van der Waals surface area (Å²) in [5, 5.41) is 5.30. The van der Waals surface area contributed by atoms with Crippen molar-refractivity contribution in [1.82, 2.24) is 15.1 Å². The molecule has 4 rings (SSSR count). The number of nitrogens with zero attached hydrogens (tertiary/aromatic N) is 3. The van der Waals surface area contributed by atoms with Crippen LogP contribution in [-0.4, -0.2) is 59.0 Å². The summed E-state index contributed by atoms with van der Waals surface area (Å²) in [5.74, 6) is -1.04. The molecular formula is C25H29FN4O4S. The first-order chi connectivity index (χ1) is 16.9. The third kappa shape index (κ3) is 5.42. The van der Waals surface area contributed by atoms with Crippen LogP contribution in [0.2, 0.25) is 0 Å². The fourth-order valence-electron chi connectivity index (χ4n) is 4.50. The van der Waals surface area contributed by atoms with Crippen molar-refractivity contribution in [2.24, 2.45) is 4.99 Å². The maximum absolute atomic E-state index is 15.0. The first-order valence-electron chi connectivity index (χ1n) is 11.8. The van der Waals surface area contributed by atoms with E-state index in [-0.39, 0.29) is 30.4 Å². The van der Waals surface area contributed by atoms with Crippen LogP contribution < -0.4 is 5.32 Å². The number of amides is 2. The van der Waals surface area contributed by atoms with Crippen LogP contribution in [0.25, 0.3) is 0 Å². The first kappa shape index (κ1) is 25.0. The molecule has 0 saturated carbocycles. The van der Waals surface area contributed by atoms with Gasteiger partial charge in [-0.2, -0.15) is 0 Å². The van der Waals surface area contributed by atoms with Crippen molar-refractivity contribution in [2.45, 2.75) is 45.6 Å². The highest BCUT2D eigenvalue weighted by molar-refractivity contribution is 8.16. The topological polar surface area (TPSA) is 91.3 Å². The number of aliphatic imine (C=N–C) groups is 1. The van der Waals surface area contributed by atoms with Crippen molar-refractivity contribution in [3.63, 3.8) is 0 Å². The van der Waals surface area contributed by atoms with Gasteiger partial charge in [-0.3, -0.25) is 9.59 Å². The smallest absolute Gasteiger partial charge is 0.338 e. The van der Waals surface area contributed by atoms with Crippen LogP contribution in [0.1, 0.15) is 51.1 Å². The summed E-state index contributed by atoms with van der Waals surface area (Å²) in [6.07, 6.45) is 2.22. The summed E-state index contributed by atoms with van der Waals surface area (Å²) < 4.78 is 20.2. The van der Waals surface area contributed by atoms with Crippen molar-refractivity contribution in [2.75, 3.05) is 26.2 Å². The maximum atomic E-state index is 15.0. The number of likely N-dealkylation sites (tertiary alicyclic amines) is 1. The summed E-state index contributed by atoms with van der Waals surface area (Å²) >= 11 is 1.34. The Kier molecular flexibility index (Phi) is 7.90. The lowest BCUT2D eigenvalue weighted by Crippen LogP contribution is -2.38. The molecule has 3 heterocycles. The Bertz CT molecular complexity index is 1120. The number of esters is 1. The molecule has 10 heteroatoms. The quantitative estimate of drug-likeness (QED) is 0.412. The van der Waals surface area contributed by atoms with E-state index in [1.54, 1.807) is 36.9 Å². The van der Waals surface area contributed by atoms with E-state index >= 15 is 0 Å². The van der Waals surface area contributed by atoms with Gasteiger partial charge in [-0.05, 0) is 38.2 Å². The van der Waals surface area contributed by atoms with Gasteiger partial charge in [-0.15, -0.1) is 0 Å². The Balaban J connectivity index is 1.49. The summed E-state index contributed by atoms with van der Waals surface area (Å²) in [6, 6.07) is 5.50. The van der Waals surface area contributed by atoms with E-state index in [4.69, 9.17) is 4.74 Å².